The molecule has 1 fully saturated rings. The van der Waals surface area contributed by atoms with Gasteiger partial charge in [0.1, 0.15) is 6.54 Å². The van der Waals surface area contributed by atoms with Crippen molar-refractivity contribution < 1.29 is 18.1 Å². The molecule has 0 saturated carbocycles. The smallest absolute Gasteiger partial charge is 0.270 e. The van der Waals surface area contributed by atoms with Crippen molar-refractivity contribution in [3.8, 4) is 0 Å². The molecule has 1 aromatic heterocycles. The molecule has 3 aromatic rings. The van der Waals surface area contributed by atoms with Gasteiger partial charge >= 0.3 is 0 Å². The van der Waals surface area contributed by atoms with Crippen LogP contribution in [0.25, 0.3) is 10.9 Å². The highest BCUT2D eigenvalue weighted by atomic mass is 32.2. The normalized spacial score (nSPS) is 15.2. The van der Waals surface area contributed by atoms with E-state index in [2.05, 4.69) is 0 Å². The molecule has 2 aromatic carbocycles. The number of hydrogen-bond donors (Lipinski definition) is 0. The van der Waals surface area contributed by atoms with E-state index in [-0.39, 0.29) is 31.2 Å². The molecule has 0 N–H and O–H groups in total. The maximum Gasteiger partial charge on any atom is 0.270 e. The lowest BCUT2D eigenvalue weighted by Crippen LogP contribution is -2.51. The lowest BCUT2D eigenvalue weighted by molar-refractivity contribution is -0.384. The van der Waals surface area contributed by atoms with Gasteiger partial charge in [-0.25, -0.2) is 8.42 Å². The minimum absolute atomic E-state index is 0.00255. The number of rotatable bonds is 5. The zero-order valence-corrected chi connectivity index (χ0v) is 18.7. The number of aryl methyl sites for hydroxylation is 2. The largest absolute Gasteiger partial charge is 0.339 e. The van der Waals surface area contributed by atoms with Crippen LogP contribution in [0.3, 0.4) is 0 Å². The van der Waals surface area contributed by atoms with Gasteiger partial charge in [-0.2, -0.15) is 4.31 Å². The first-order valence-corrected chi connectivity index (χ1v) is 11.7. The summed E-state index contributed by atoms with van der Waals surface area (Å²) in [5.41, 5.74) is 2.32. The first kappa shape index (κ1) is 22.0. The summed E-state index contributed by atoms with van der Waals surface area (Å²) in [5, 5.41) is 11.6. The fourth-order valence-electron chi connectivity index (χ4n) is 3.99. The Morgan fingerprint density at radius 2 is 1.75 bits per heavy atom. The summed E-state index contributed by atoms with van der Waals surface area (Å²) in [4.78, 5) is 25.3. The van der Waals surface area contributed by atoms with Crippen LogP contribution in [0.1, 0.15) is 11.1 Å². The van der Waals surface area contributed by atoms with Crippen LogP contribution in [-0.4, -0.2) is 59.2 Å². The average Bonchev–Trinajstić information content (AvgIpc) is 3.17. The van der Waals surface area contributed by atoms with Gasteiger partial charge in [0, 0.05) is 55.4 Å². The quantitative estimate of drug-likeness (QED) is 0.434. The highest BCUT2D eigenvalue weighted by Gasteiger charge is 2.31. The molecule has 1 amide bonds. The maximum atomic E-state index is 13.1. The number of nitro groups is 1. The van der Waals surface area contributed by atoms with E-state index >= 15 is 0 Å². The summed E-state index contributed by atoms with van der Waals surface area (Å²) in [6.07, 6.45) is 1.73. The molecule has 10 heteroatoms. The van der Waals surface area contributed by atoms with E-state index in [1.165, 1.54) is 16.4 Å². The summed E-state index contributed by atoms with van der Waals surface area (Å²) >= 11 is 0. The Hall–Kier alpha value is -3.24. The van der Waals surface area contributed by atoms with Crippen LogP contribution < -0.4 is 0 Å². The van der Waals surface area contributed by atoms with E-state index in [4.69, 9.17) is 0 Å². The van der Waals surface area contributed by atoms with Gasteiger partial charge in [-0.15, -0.1) is 0 Å². The third kappa shape index (κ3) is 4.11. The van der Waals surface area contributed by atoms with Crippen LogP contribution in [0.2, 0.25) is 0 Å². The molecule has 1 aliphatic rings. The van der Waals surface area contributed by atoms with E-state index in [0.29, 0.717) is 28.9 Å². The number of carbonyl (C=O) groups is 1. The van der Waals surface area contributed by atoms with Crippen molar-refractivity contribution in [3.05, 3.63) is 69.9 Å². The van der Waals surface area contributed by atoms with Gasteiger partial charge in [-0.1, -0.05) is 12.1 Å². The molecule has 4 rings (SSSR count). The van der Waals surface area contributed by atoms with Crippen molar-refractivity contribution in [1.29, 1.82) is 0 Å². The Kier molecular flexibility index (Phi) is 5.74. The Morgan fingerprint density at radius 1 is 1.03 bits per heavy atom. The van der Waals surface area contributed by atoms with Gasteiger partial charge in [0.05, 0.1) is 9.82 Å². The second-order valence-electron chi connectivity index (χ2n) is 8.00. The molecular weight excluding hydrogens is 432 g/mol. The van der Waals surface area contributed by atoms with Crippen molar-refractivity contribution >= 4 is 32.5 Å². The van der Waals surface area contributed by atoms with E-state index in [0.717, 1.165) is 11.1 Å². The predicted molar refractivity (Wildman–Crippen MR) is 120 cm³/mol. The molecule has 0 unspecified atom stereocenters. The van der Waals surface area contributed by atoms with Crippen LogP contribution in [0.5, 0.6) is 0 Å². The molecule has 32 heavy (non-hydrogen) atoms. The van der Waals surface area contributed by atoms with Crippen LogP contribution in [0, 0.1) is 24.0 Å². The molecule has 0 aliphatic carbocycles. The van der Waals surface area contributed by atoms with Crippen molar-refractivity contribution in [3.63, 3.8) is 0 Å². The molecule has 0 spiro atoms. The number of aromatic nitrogens is 1. The first-order valence-electron chi connectivity index (χ1n) is 10.3. The Morgan fingerprint density at radius 3 is 2.44 bits per heavy atom. The number of nitrogens with zero attached hydrogens (tertiary/aromatic N) is 4. The third-order valence-electron chi connectivity index (χ3n) is 5.82. The van der Waals surface area contributed by atoms with Crippen molar-refractivity contribution in [2.45, 2.75) is 25.3 Å². The molecule has 0 radical (unpaired) electrons. The highest BCUT2D eigenvalue weighted by Crippen LogP contribution is 2.24. The molecule has 1 aliphatic heterocycles. The van der Waals surface area contributed by atoms with Crippen molar-refractivity contribution in [1.82, 2.24) is 13.8 Å². The molecule has 0 bridgehead atoms. The summed E-state index contributed by atoms with van der Waals surface area (Å²) in [6, 6.07) is 11.6. The minimum Gasteiger partial charge on any atom is -0.339 e. The summed E-state index contributed by atoms with van der Waals surface area (Å²) in [6.45, 7) is 4.83. The van der Waals surface area contributed by atoms with E-state index in [1.54, 1.807) is 46.9 Å². The van der Waals surface area contributed by atoms with E-state index in [1.807, 2.05) is 13.0 Å². The predicted octanol–water partition coefficient (Wildman–Crippen LogP) is 2.70. The number of amides is 1. The monoisotopic (exact) mass is 456 g/mol. The lowest BCUT2D eigenvalue weighted by Gasteiger charge is -2.34. The summed E-state index contributed by atoms with van der Waals surface area (Å²) in [5.74, 6) is -0.121. The van der Waals surface area contributed by atoms with Crippen LogP contribution in [0.15, 0.2) is 53.6 Å². The topological polar surface area (TPSA) is 106 Å². The van der Waals surface area contributed by atoms with Gasteiger partial charge in [0.15, 0.2) is 0 Å². The number of fused-ring (bicyclic) bond motifs is 1. The number of benzene rings is 2. The SMILES string of the molecule is Cc1ccc(C)c(S(=O)(=O)N2CCN(C(=O)Cn3ccc4cc([N+](=O)[O-])ccc43)CC2)c1. The van der Waals surface area contributed by atoms with Crippen molar-refractivity contribution in [2.75, 3.05) is 26.2 Å². The third-order valence-corrected chi connectivity index (χ3v) is 7.86. The number of hydrogen-bond acceptors (Lipinski definition) is 5. The maximum absolute atomic E-state index is 13.1. The van der Waals surface area contributed by atoms with Gasteiger partial charge in [-0.3, -0.25) is 14.9 Å². The van der Waals surface area contributed by atoms with Gasteiger partial charge in [0.2, 0.25) is 15.9 Å². The molecule has 9 nitrogen and oxygen atoms in total. The molecule has 0 atom stereocenters. The Labute approximate surface area is 186 Å². The van der Waals surface area contributed by atoms with Crippen LogP contribution >= 0.6 is 0 Å². The fourth-order valence-corrected chi connectivity index (χ4v) is 5.72. The van der Waals surface area contributed by atoms with Gasteiger partial charge in [-0.05, 0) is 43.2 Å². The number of sulfonamides is 1. The Bertz CT molecular complexity index is 1310. The minimum atomic E-state index is -3.62. The standard InChI is InChI=1S/C22H24N4O5S/c1-16-3-4-17(2)21(13-16)32(30,31)25-11-9-23(10-12-25)22(27)15-24-8-7-18-14-19(26(28)29)5-6-20(18)24/h3-8,13-14H,9-12,15H2,1-2H3. The van der Waals surface area contributed by atoms with E-state index < -0.39 is 14.9 Å². The molecule has 2 heterocycles. The second kappa shape index (κ2) is 8.36. The Balaban J connectivity index is 1.43. The zero-order valence-electron chi connectivity index (χ0n) is 17.9. The lowest BCUT2D eigenvalue weighted by atomic mass is 10.2. The molecular formula is C22H24N4O5S. The van der Waals surface area contributed by atoms with Crippen LogP contribution in [-0.2, 0) is 21.4 Å². The van der Waals surface area contributed by atoms with E-state index in [9.17, 15) is 23.3 Å². The number of carbonyl (C=O) groups excluding carboxylic acids is 1. The van der Waals surface area contributed by atoms with Gasteiger partial charge < -0.3 is 9.47 Å². The molecule has 1 saturated heterocycles. The highest BCUT2D eigenvalue weighted by molar-refractivity contribution is 7.89. The first-order chi connectivity index (χ1) is 15.2. The van der Waals surface area contributed by atoms with Gasteiger partial charge in [0.25, 0.3) is 5.69 Å². The fraction of sp³-hybridized carbons (Fsp3) is 0.318. The summed E-state index contributed by atoms with van der Waals surface area (Å²) in [7, 11) is -3.62. The zero-order chi connectivity index (χ0) is 23.0. The van der Waals surface area contributed by atoms with Crippen LogP contribution in [0.4, 0.5) is 5.69 Å². The summed E-state index contributed by atoms with van der Waals surface area (Å²) < 4.78 is 29.4. The molecule has 168 valence electrons. The van der Waals surface area contributed by atoms with Crippen molar-refractivity contribution in [2.24, 2.45) is 0 Å². The number of nitro benzene ring substituents is 1. The number of non-ortho nitro benzene ring substituents is 1. The average molecular weight is 457 g/mol. The second-order valence-corrected chi connectivity index (χ2v) is 9.90. The number of piperazine rings is 1.